The molecule has 3 rings (SSSR count). The van der Waals surface area contributed by atoms with Crippen molar-refractivity contribution in [3.63, 3.8) is 0 Å². The number of carbonyl (C=O) groups excluding carboxylic acids is 1. The minimum Gasteiger partial charge on any atom is -0.507 e. The van der Waals surface area contributed by atoms with Crippen LogP contribution < -0.4 is 0 Å². The number of likely N-dealkylation sites (N-methyl/N-ethyl adjacent to an activating group) is 1. The predicted octanol–water partition coefficient (Wildman–Crippen LogP) is 1.94. The molecule has 0 radical (unpaired) electrons. The summed E-state index contributed by atoms with van der Waals surface area (Å²) >= 11 is 0. The van der Waals surface area contributed by atoms with Crippen molar-refractivity contribution in [1.82, 2.24) is 14.7 Å². The highest BCUT2D eigenvalue weighted by atomic mass is 16.3. The van der Waals surface area contributed by atoms with Crippen LogP contribution in [0.1, 0.15) is 35.2 Å². The summed E-state index contributed by atoms with van der Waals surface area (Å²) in [5.74, 6) is 0.0301. The number of aromatic hydroxyl groups is 1. The van der Waals surface area contributed by atoms with Crippen LogP contribution in [-0.4, -0.2) is 78.1 Å². The van der Waals surface area contributed by atoms with E-state index in [0.717, 1.165) is 38.3 Å². The Bertz CT molecular complexity index is 582. The van der Waals surface area contributed by atoms with E-state index in [9.17, 15) is 9.90 Å². The minimum absolute atomic E-state index is 0.0503. The molecule has 1 N–H and O–H groups in total. The van der Waals surface area contributed by atoms with Crippen LogP contribution >= 0.6 is 0 Å². The molecule has 2 aliphatic rings. The molecule has 2 aliphatic heterocycles. The normalized spacial score (nSPS) is 23.4. The summed E-state index contributed by atoms with van der Waals surface area (Å²) in [7, 11) is 2.23. The van der Waals surface area contributed by atoms with Gasteiger partial charge in [-0.25, -0.2) is 0 Å². The zero-order valence-electron chi connectivity index (χ0n) is 14.9. The van der Waals surface area contributed by atoms with Crippen LogP contribution in [0, 0.1) is 6.92 Å². The Morgan fingerprint density at radius 2 is 1.92 bits per heavy atom. The van der Waals surface area contributed by atoms with Gasteiger partial charge in [-0.05, 0) is 45.5 Å². The van der Waals surface area contributed by atoms with Crippen molar-refractivity contribution in [2.24, 2.45) is 0 Å². The van der Waals surface area contributed by atoms with E-state index in [-0.39, 0.29) is 11.7 Å². The van der Waals surface area contributed by atoms with Crippen LogP contribution in [0.4, 0.5) is 0 Å². The average molecular weight is 331 g/mol. The minimum atomic E-state index is -0.0503. The second-order valence-corrected chi connectivity index (χ2v) is 7.24. The topological polar surface area (TPSA) is 47.0 Å². The van der Waals surface area contributed by atoms with E-state index in [1.54, 1.807) is 12.1 Å². The zero-order chi connectivity index (χ0) is 17.1. The van der Waals surface area contributed by atoms with Crippen LogP contribution in [0.25, 0.3) is 0 Å². The lowest BCUT2D eigenvalue weighted by atomic mass is 10.0. The number of piperidine rings is 1. The van der Waals surface area contributed by atoms with Crippen molar-refractivity contribution in [1.29, 1.82) is 0 Å². The summed E-state index contributed by atoms with van der Waals surface area (Å²) in [5.41, 5.74) is 1.42. The molecule has 1 amide bonds. The van der Waals surface area contributed by atoms with E-state index in [1.165, 1.54) is 25.8 Å². The number of carbonyl (C=O) groups is 1. The molecule has 1 aromatic rings. The van der Waals surface area contributed by atoms with Gasteiger partial charge in [-0.15, -0.1) is 0 Å². The van der Waals surface area contributed by atoms with Crippen molar-refractivity contribution < 1.29 is 9.90 Å². The van der Waals surface area contributed by atoms with Gasteiger partial charge in [0.2, 0.25) is 0 Å². The quantitative estimate of drug-likeness (QED) is 0.919. The molecule has 1 atom stereocenters. The molecule has 1 aromatic carbocycles. The molecular formula is C19H29N3O2. The summed E-state index contributed by atoms with van der Waals surface area (Å²) in [5, 5.41) is 9.97. The van der Waals surface area contributed by atoms with Crippen LogP contribution in [0.2, 0.25) is 0 Å². The molecular weight excluding hydrogens is 302 g/mol. The maximum absolute atomic E-state index is 12.7. The SMILES string of the molecule is Cc1ccc(O)c(C(=O)N2CCN(CC3CCCCN3C)CC2)c1. The number of nitrogens with zero attached hydrogens (tertiary/aromatic N) is 3. The van der Waals surface area contributed by atoms with Gasteiger partial charge in [0.25, 0.3) is 5.91 Å². The smallest absolute Gasteiger partial charge is 0.257 e. The van der Waals surface area contributed by atoms with Crippen LogP contribution in [-0.2, 0) is 0 Å². The van der Waals surface area contributed by atoms with E-state index in [2.05, 4.69) is 16.8 Å². The Morgan fingerprint density at radius 3 is 2.62 bits per heavy atom. The first kappa shape index (κ1) is 17.2. The molecule has 5 heteroatoms. The molecule has 1 unspecified atom stereocenters. The Hall–Kier alpha value is -1.59. The van der Waals surface area contributed by atoms with Crippen molar-refractivity contribution in [2.45, 2.75) is 32.2 Å². The first-order valence-corrected chi connectivity index (χ1v) is 9.06. The Morgan fingerprint density at radius 1 is 1.17 bits per heavy atom. The van der Waals surface area contributed by atoms with Gasteiger partial charge in [-0.2, -0.15) is 0 Å². The van der Waals surface area contributed by atoms with Crippen LogP contribution in [0.15, 0.2) is 18.2 Å². The number of hydrogen-bond donors (Lipinski definition) is 1. The van der Waals surface area contributed by atoms with Gasteiger partial charge in [0.15, 0.2) is 0 Å². The molecule has 5 nitrogen and oxygen atoms in total. The summed E-state index contributed by atoms with van der Waals surface area (Å²) in [6, 6.07) is 5.87. The molecule has 0 bridgehead atoms. The fraction of sp³-hybridized carbons (Fsp3) is 0.632. The third-order valence-electron chi connectivity index (χ3n) is 5.43. The lowest BCUT2D eigenvalue weighted by molar-refractivity contribution is 0.0562. The number of piperazine rings is 1. The molecule has 2 heterocycles. The zero-order valence-corrected chi connectivity index (χ0v) is 14.9. The second-order valence-electron chi connectivity index (χ2n) is 7.24. The number of benzene rings is 1. The van der Waals surface area contributed by atoms with Gasteiger partial charge >= 0.3 is 0 Å². The summed E-state index contributed by atoms with van der Waals surface area (Å²) < 4.78 is 0. The van der Waals surface area contributed by atoms with Gasteiger partial charge in [-0.3, -0.25) is 9.69 Å². The first-order valence-electron chi connectivity index (χ1n) is 9.06. The standard InChI is InChI=1S/C19H29N3O2/c1-15-6-7-18(23)17(13-15)19(24)22-11-9-21(10-12-22)14-16-5-3-4-8-20(16)2/h6-7,13,16,23H,3-5,8-12,14H2,1-2H3. The monoisotopic (exact) mass is 331 g/mol. The number of phenols is 1. The van der Waals surface area contributed by atoms with Gasteiger partial charge in [0, 0.05) is 38.8 Å². The fourth-order valence-corrected chi connectivity index (χ4v) is 3.80. The highest BCUT2D eigenvalue weighted by Crippen LogP contribution is 2.21. The van der Waals surface area contributed by atoms with Gasteiger partial charge in [0.05, 0.1) is 5.56 Å². The predicted molar refractivity (Wildman–Crippen MR) is 95.5 cm³/mol. The Labute approximate surface area is 144 Å². The molecule has 0 aromatic heterocycles. The Kier molecular flexibility index (Phi) is 5.41. The summed E-state index contributed by atoms with van der Waals surface area (Å²) in [6.07, 6.45) is 3.93. The lowest BCUT2D eigenvalue weighted by Crippen LogP contribution is -2.53. The Balaban J connectivity index is 1.54. The summed E-state index contributed by atoms with van der Waals surface area (Å²) in [6.45, 7) is 7.56. The molecule has 0 aliphatic carbocycles. The second kappa shape index (κ2) is 7.53. The van der Waals surface area contributed by atoms with Crippen molar-refractivity contribution in [2.75, 3.05) is 46.3 Å². The number of rotatable bonds is 3. The third kappa shape index (κ3) is 3.90. The molecule has 0 spiro atoms. The van der Waals surface area contributed by atoms with Gasteiger partial charge < -0.3 is 14.9 Å². The van der Waals surface area contributed by atoms with E-state index >= 15 is 0 Å². The van der Waals surface area contributed by atoms with Gasteiger partial charge in [-0.1, -0.05) is 18.1 Å². The molecule has 24 heavy (non-hydrogen) atoms. The maximum Gasteiger partial charge on any atom is 0.257 e. The number of hydrogen-bond acceptors (Lipinski definition) is 4. The van der Waals surface area contributed by atoms with Gasteiger partial charge in [0.1, 0.15) is 5.75 Å². The fourth-order valence-electron chi connectivity index (χ4n) is 3.80. The summed E-state index contributed by atoms with van der Waals surface area (Å²) in [4.78, 5) is 19.5. The first-order chi connectivity index (χ1) is 11.5. The maximum atomic E-state index is 12.7. The molecule has 2 saturated heterocycles. The lowest BCUT2D eigenvalue weighted by Gasteiger charge is -2.40. The van der Waals surface area contributed by atoms with Crippen LogP contribution in [0.5, 0.6) is 5.75 Å². The van der Waals surface area contributed by atoms with E-state index in [1.807, 2.05) is 17.9 Å². The number of likely N-dealkylation sites (tertiary alicyclic amines) is 1. The van der Waals surface area contributed by atoms with E-state index in [4.69, 9.17) is 0 Å². The third-order valence-corrected chi connectivity index (χ3v) is 5.43. The van der Waals surface area contributed by atoms with E-state index in [0.29, 0.717) is 11.6 Å². The molecule has 132 valence electrons. The average Bonchev–Trinajstić information content (AvgIpc) is 2.59. The number of amides is 1. The van der Waals surface area contributed by atoms with Crippen LogP contribution in [0.3, 0.4) is 0 Å². The largest absolute Gasteiger partial charge is 0.507 e. The van der Waals surface area contributed by atoms with Crippen molar-refractivity contribution >= 4 is 5.91 Å². The van der Waals surface area contributed by atoms with E-state index < -0.39 is 0 Å². The number of phenolic OH excluding ortho intramolecular Hbond substituents is 1. The highest BCUT2D eigenvalue weighted by molar-refractivity contribution is 5.97. The van der Waals surface area contributed by atoms with Crippen molar-refractivity contribution in [3.8, 4) is 5.75 Å². The molecule has 0 saturated carbocycles. The number of aryl methyl sites for hydroxylation is 1. The van der Waals surface area contributed by atoms with Crippen molar-refractivity contribution in [3.05, 3.63) is 29.3 Å². The highest BCUT2D eigenvalue weighted by Gasteiger charge is 2.27. The molecule has 2 fully saturated rings.